The zero-order valence-electron chi connectivity index (χ0n) is 7.41. The van der Waals surface area contributed by atoms with E-state index in [1.54, 1.807) is 10.9 Å². The lowest BCUT2D eigenvalue weighted by atomic mass is 10.3. The van der Waals surface area contributed by atoms with Gasteiger partial charge in [-0.15, -0.1) is 0 Å². The lowest BCUT2D eigenvalue weighted by Crippen LogP contribution is -2.03. The second kappa shape index (κ2) is 3.92. The summed E-state index contributed by atoms with van der Waals surface area (Å²) >= 11 is 0. The monoisotopic (exact) mass is 166 g/mol. The molecule has 1 heterocycles. The molecule has 0 saturated carbocycles. The third kappa shape index (κ3) is 1.85. The minimum Gasteiger partial charge on any atom is -0.383 e. The Bertz CT molecular complexity index is 275. The van der Waals surface area contributed by atoms with E-state index in [1.165, 1.54) is 0 Å². The molecule has 0 aliphatic rings. The molecule has 3 N–H and O–H groups in total. The topological polar surface area (TPSA) is 55.9 Å². The van der Waals surface area contributed by atoms with Crippen molar-refractivity contribution in [1.29, 1.82) is 0 Å². The van der Waals surface area contributed by atoms with Crippen LogP contribution in [0.15, 0.2) is 12.3 Å². The molecule has 66 valence electrons. The Kier molecular flexibility index (Phi) is 2.88. The summed E-state index contributed by atoms with van der Waals surface area (Å²) in [6.07, 6.45) is 5.72. The number of nitrogens with zero attached hydrogens (tertiary/aromatic N) is 2. The smallest absolute Gasteiger partial charge is 0.128 e. The highest BCUT2D eigenvalue weighted by atomic mass is 15.3. The van der Waals surface area contributed by atoms with E-state index in [2.05, 4.69) is 10.4 Å². The summed E-state index contributed by atoms with van der Waals surface area (Å²) < 4.78 is 1.65. The predicted molar refractivity (Wildman–Crippen MR) is 50.6 cm³/mol. The van der Waals surface area contributed by atoms with Gasteiger partial charge in [0.15, 0.2) is 0 Å². The Labute approximate surface area is 72.1 Å². The van der Waals surface area contributed by atoms with Crippen LogP contribution in [0.3, 0.4) is 0 Å². The number of nitrogens with one attached hydrogen (secondary N) is 1. The minimum absolute atomic E-state index is 0.697. The van der Waals surface area contributed by atoms with Gasteiger partial charge in [-0.3, -0.25) is 4.68 Å². The summed E-state index contributed by atoms with van der Waals surface area (Å²) in [5.74, 6) is 0.697. The maximum absolute atomic E-state index is 5.71. The molecule has 0 fully saturated rings. The van der Waals surface area contributed by atoms with Crippen molar-refractivity contribution in [2.45, 2.75) is 0 Å². The number of aromatic nitrogens is 2. The normalized spacial score (nSPS) is 11.2. The number of nitrogens with two attached hydrogens (primary N) is 1. The van der Waals surface area contributed by atoms with Crippen molar-refractivity contribution in [1.82, 2.24) is 15.1 Å². The van der Waals surface area contributed by atoms with Gasteiger partial charge in [0, 0.05) is 19.2 Å². The van der Waals surface area contributed by atoms with Crippen LogP contribution in [0, 0.1) is 0 Å². The Morgan fingerprint density at radius 3 is 3.00 bits per heavy atom. The summed E-state index contributed by atoms with van der Waals surface area (Å²) in [5.41, 5.74) is 6.68. The van der Waals surface area contributed by atoms with Gasteiger partial charge in [0.05, 0.1) is 6.20 Å². The van der Waals surface area contributed by atoms with Crippen molar-refractivity contribution >= 4 is 11.9 Å². The fourth-order valence-electron chi connectivity index (χ4n) is 0.896. The van der Waals surface area contributed by atoms with Crippen molar-refractivity contribution in [3.05, 3.63) is 17.8 Å². The van der Waals surface area contributed by atoms with Gasteiger partial charge in [-0.25, -0.2) is 0 Å². The number of rotatable bonds is 3. The van der Waals surface area contributed by atoms with Crippen LogP contribution in [0.1, 0.15) is 5.56 Å². The lowest BCUT2D eigenvalue weighted by Gasteiger charge is -1.93. The first-order valence-electron chi connectivity index (χ1n) is 3.84. The van der Waals surface area contributed by atoms with Gasteiger partial charge in [-0.05, 0) is 7.05 Å². The Balaban J connectivity index is 2.69. The summed E-state index contributed by atoms with van der Waals surface area (Å²) in [4.78, 5) is 0. The molecule has 1 aromatic heterocycles. The van der Waals surface area contributed by atoms with E-state index in [-0.39, 0.29) is 0 Å². The SMILES string of the molecule is CNCC=Cc1cnn(C)c1N. The maximum atomic E-state index is 5.71. The molecule has 0 aliphatic carbocycles. The van der Waals surface area contributed by atoms with E-state index in [0.29, 0.717) is 5.82 Å². The van der Waals surface area contributed by atoms with Crippen LogP contribution in [0.5, 0.6) is 0 Å². The van der Waals surface area contributed by atoms with E-state index in [4.69, 9.17) is 5.73 Å². The second-order valence-electron chi connectivity index (χ2n) is 2.57. The standard InChI is InChI=1S/C8H14N4/c1-10-5-3-4-7-6-11-12(2)8(7)9/h3-4,6,10H,5,9H2,1-2H3. The molecule has 0 aliphatic heterocycles. The predicted octanol–water partition coefficient (Wildman–Crippen LogP) is 0.235. The highest BCUT2D eigenvalue weighted by molar-refractivity contribution is 5.60. The van der Waals surface area contributed by atoms with Gasteiger partial charge < -0.3 is 11.1 Å². The van der Waals surface area contributed by atoms with E-state index >= 15 is 0 Å². The van der Waals surface area contributed by atoms with E-state index in [9.17, 15) is 0 Å². The van der Waals surface area contributed by atoms with E-state index < -0.39 is 0 Å². The Hall–Kier alpha value is -1.29. The van der Waals surface area contributed by atoms with Crippen molar-refractivity contribution in [3.8, 4) is 0 Å². The van der Waals surface area contributed by atoms with Gasteiger partial charge in [0.25, 0.3) is 0 Å². The van der Waals surface area contributed by atoms with Crippen LogP contribution in [0.4, 0.5) is 5.82 Å². The fraction of sp³-hybridized carbons (Fsp3) is 0.375. The van der Waals surface area contributed by atoms with Crippen LogP contribution in [-0.4, -0.2) is 23.4 Å². The zero-order valence-corrected chi connectivity index (χ0v) is 7.41. The fourth-order valence-corrected chi connectivity index (χ4v) is 0.896. The number of hydrogen-bond donors (Lipinski definition) is 2. The van der Waals surface area contributed by atoms with Crippen LogP contribution >= 0.6 is 0 Å². The number of likely N-dealkylation sites (N-methyl/N-ethyl adjacent to an activating group) is 1. The van der Waals surface area contributed by atoms with Gasteiger partial charge in [0.2, 0.25) is 0 Å². The van der Waals surface area contributed by atoms with Crippen molar-refractivity contribution in [3.63, 3.8) is 0 Å². The van der Waals surface area contributed by atoms with Crippen molar-refractivity contribution < 1.29 is 0 Å². The molecule has 0 aromatic carbocycles. The summed E-state index contributed by atoms with van der Waals surface area (Å²) in [6.45, 7) is 0.842. The molecule has 1 aromatic rings. The number of aryl methyl sites for hydroxylation is 1. The average molecular weight is 166 g/mol. The van der Waals surface area contributed by atoms with E-state index in [0.717, 1.165) is 12.1 Å². The molecule has 0 amide bonds. The highest BCUT2D eigenvalue weighted by Crippen LogP contribution is 2.10. The Morgan fingerprint density at radius 1 is 1.75 bits per heavy atom. The van der Waals surface area contributed by atoms with Gasteiger partial charge in [0.1, 0.15) is 5.82 Å². The Morgan fingerprint density at radius 2 is 2.50 bits per heavy atom. The van der Waals surface area contributed by atoms with Crippen LogP contribution in [0.25, 0.3) is 6.08 Å². The second-order valence-corrected chi connectivity index (χ2v) is 2.57. The molecule has 4 heteroatoms. The summed E-state index contributed by atoms with van der Waals surface area (Å²) in [6, 6.07) is 0. The molecule has 12 heavy (non-hydrogen) atoms. The van der Waals surface area contributed by atoms with Gasteiger partial charge in [-0.2, -0.15) is 5.10 Å². The van der Waals surface area contributed by atoms with Crippen LogP contribution in [-0.2, 0) is 7.05 Å². The van der Waals surface area contributed by atoms with Crippen LogP contribution < -0.4 is 11.1 Å². The average Bonchev–Trinajstić information content (AvgIpc) is 2.36. The summed E-state index contributed by atoms with van der Waals surface area (Å²) in [7, 11) is 3.72. The molecule has 0 atom stereocenters. The molecular weight excluding hydrogens is 152 g/mol. The molecule has 4 nitrogen and oxygen atoms in total. The van der Waals surface area contributed by atoms with Gasteiger partial charge >= 0.3 is 0 Å². The molecular formula is C8H14N4. The third-order valence-electron chi connectivity index (χ3n) is 1.63. The molecule has 1 rings (SSSR count). The number of anilines is 1. The number of nitrogen functional groups attached to an aromatic ring is 1. The molecule has 0 spiro atoms. The largest absolute Gasteiger partial charge is 0.383 e. The molecule has 0 saturated heterocycles. The maximum Gasteiger partial charge on any atom is 0.128 e. The highest BCUT2D eigenvalue weighted by Gasteiger charge is 1.98. The molecule has 0 radical (unpaired) electrons. The zero-order chi connectivity index (χ0) is 8.97. The first-order chi connectivity index (χ1) is 5.75. The van der Waals surface area contributed by atoms with Crippen molar-refractivity contribution in [2.75, 3.05) is 19.3 Å². The first-order valence-corrected chi connectivity index (χ1v) is 3.84. The first kappa shape index (κ1) is 8.80. The van der Waals surface area contributed by atoms with Gasteiger partial charge in [-0.1, -0.05) is 12.2 Å². The number of hydrogen-bond acceptors (Lipinski definition) is 3. The summed E-state index contributed by atoms with van der Waals surface area (Å²) in [5, 5.41) is 7.02. The minimum atomic E-state index is 0.697. The van der Waals surface area contributed by atoms with E-state index in [1.807, 2.05) is 26.2 Å². The molecule has 0 unspecified atom stereocenters. The van der Waals surface area contributed by atoms with Crippen LogP contribution in [0.2, 0.25) is 0 Å². The lowest BCUT2D eigenvalue weighted by molar-refractivity contribution is 0.779. The molecule has 0 bridgehead atoms. The van der Waals surface area contributed by atoms with Crippen molar-refractivity contribution in [2.24, 2.45) is 7.05 Å². The quantitative estimate of drug-likeness (QED) is 0.676. The third-order valence-corrected chi connectivity index (χ3v) is 1.63.